The highest BCUT2D eigenvalue weighted by atomic mass is 15.2. The first kappa shape index (κ1) is 16.4. The van der Waals surface area contributed by atoms with Gasteiger partial charge in [0.05, 0.1) is 6.20 Å². The van der Waals surface area contributed by atoms with Gasteiger partial charge in [0.25, 0.3) is 0 Å². The van der Waals surface area contributed by atoms with E-state index in [1.165, 1.54) is 0 Å². The highest BCUT2D eigenvalue weighted by Crippen LogP contribution is 2.28. The molecule has 3 aromatic rings. The predicted molar refractivity (Wildman–Crippen MR) is 101 cm³/mol. The first-order valence-electron chi connectivity index (χ1n) is 8.82. The summed E-state index contributed by atoms with van der Waals surface area (Å²) in [4.78, 5) is 24.6. The molecule has 7 nitrogen and oxygen atoms in total. The molecule has 1 N–H and O–H groups in total. The van der Waals surface area contributed by atoms with Gasteiger partial charge in [0.15, 0.2) is 0 Å². The fraction of sp³-hybridized carbons (Fsp3) is 0.316. The highest BCUT2D eigenvalue weighted by molar-refractivity contribution is 5.51. The Balaban J connectivity index is 1.55. The molecule has 0 spiro atoms. The smallest absolute Gasteiger partial charge is 0.147 e. The summed E-state index contributed by atoms with van der Waals surface area (Å²) >= 11 is 0. The molecule has 132 valence electrons. The summed E-state index contributed by atoms with van der Waals surface area (Å²) in [5.41, 5.74) is 0.949. The lowest BCUT2D eigenvalue weighted by Gasteiger charge is -2.32. The molecule has 0 aromatic carbocycles. The summed E-state index contributed by atoms with van der Waals surface area (Å²) in [5, 5.41) is 3.27. The maximum atomic E-state index is 4.76. The number of aryl methyl sites for hydroxylation is 1. The van der Waals surface area contributed by atoms with Crippen LogP contribution in [0.5, 0.6) is 0 Å². The van der Waals surface area contributed by atoms with E-state index in [1.54, 1.807) is 18.6 Å². The Bertz CT molecular complexity index is 854. The van der Waals surface area contributed by atoms with Crippen molar-refractivity contribution in [2.75, 3.05) is 23.3 Å². The first-order valence-corrected chi connectivity index (χ1v) is 8.82. The Morgan fingerprint density at radius 3 is 2.85 bits per heavy atom. The van der Waals surface area contributed by atoms with E-state index in [0.717, 1.165) is 54.9 Å². The molecule has 4 rings (SSSR count). The second-order valence-electron chi connectivity index (χ2n) is 6.44. The van der Waals surface area contributed by atoms with E-state index < -0.39 is 0 Å². The number of pyridine rings is 1. The van der Waals surface area contributed by atoms with Crippen molar-refractivity contribution in [3.63, 3.8) is 0 Å². The van der Waals surface area contributed by atoms with Crippen molar-refractivity contribution in [1.82, 2.24) is 24.9 Å². The number of aromatic nitrogens is 5. The SMILES string of the molecule is Cc1cc(Nc2ccccn2)nc(C2CCCN(c3cnccn3)C2)n1. The molecule has 0 amide bonds. The van der Waals surface area contributed by atoms with Crippen molar-refractivity contribution in [3.8, 4) is 0 Å². The van der Waals surface area contributed by atoms with Crippen LogP contribution in [0.15, 0.2) is 49.1 Å². The van der Waals surface area contributed by atoms with Crippen molar-refractivity contribution in [2.45, 2.75) is 25.7 Å². The maximum absolute atomic E-state index is 4.76. The minimum Gasteiger partial charge on any atom is -0.355 e. The number of anilines is 3. The fourth-order valence-corrected chi connectivity index (χ4v) is 3.26. The molecule has 4 heterocycles. The van der Waals surface area contributed by atoms with Gasteiger partial charge in [-0.3, -0.25) is 4.98 Å². The summed E-state index contributed by atoms with van der Waals surface area (Å²) in [6.07, 6.45) is 9.16. The molecule has 0 bridgehead atoms. The zero-order valence-electron chi connectivity index (χ0n) is 14.7. The lowest BCUT2D eigenvalue weighted by molar-refractivity contribution is 0.488. The molecule has 1 saturated heterocycles. The summed E-state index contributed by atoms with van der Waals surface area (Å²) in [6, 6.07) is 7.71. The lowest BCUT2D eigenvalue weighted by atomic mass is 9.97. The number of nitrogens with zero attached hydrogens (tertiary/aromatic N) is 6. The van der Waals surface area contributed by atoms with E-state index >= 15 is 0 Å². The molecule has 0 radical (unpaired) electrons. The standard InChI is InChI=1S/C19H21N7/c1-14-11-17(24-16-6-2-3-7-21-16)25-19(23-14)15-5-4-10-26(13-15)18-12-20-8-9-22-18/h2-3,6-9,11-12,15H,4-5,10,13H2,1H3,(H,21,23,24,25). The average Bonchev–Trinajstić information content (AvgIpc) is 2.69. The summed E-state index contributed by atoms with van der Waals surface area (Å²) in [5.74, 6) is 3.62. The Morgan fingerprint density at radius 1 is 1.08 bits per heavy atom. The Morgan fingerprint density at radius 2 is 2.04 bits per heavy atom. The van der Waals surface area contributed by atoms with Gasteiger partial charge in [-0.2, -0.15) is 0 Å². The van der Waals surface area contributed by atoms with Crippen LogP contribution in [0.3, 0.4) is 0 Å². The number of nitrogens with one attached hydrogen (secondary N) is 1. The molecule has 26 heavy (non-hydrogen) atoms. The Labute approximate surface area is 152 Å². The van der Waals surface area contributed by atoms with Crippen molar-refractivity contribution < 1.29 is 0 Å². The molecule has 1 fully saturated rings. The minimum atomic E-state index is 0.273. The average molecular weight is 347 g/mol. The van der Waals surface area contributed by atoms with Crippen molar-refractivity contribution in [1.29, 1.82) is 0 Å². The van der Waals surface area contributed by atoms with Gasteiger partial charge < -0.3 is 10.2 Å². The predicted octanol–water partition coefficient (Wildman–Crippen LogP) is 3.10. The molecule has 7 heteroatoms. The molecule has 1 unspecified atom stereocenters. The van der Waals surface area contributed by atoms with Gasteiger partial charge >= 0.3 is 0 Å². The summed E-state index contributed by atoms with van der Waals surface area (Å²) < 4.78 is 0. The second-order valence-corrected chi connectivity index (χ2v) is 6.44. The van der Waals surface area contributed by atoms with E-state index in [9.17, 15) is 0 Å². The van der Waals surface area contributed by atoms with Crippen LogP contribution in [0.25, 0.3) is 0 Å². The Hall–Kier alpha value is -3.09. The van der Waals surface area contributed by atoms with Crippen molar-refractivity contribution in [3.05, 3.63) is 60.6 Å². The van der Waals surface area contributed by atoms with E-state index in [2.05, 4.69) is 25.2 Å². The fourth-order valence-electron chi connectivity index (χ4n) is 3.26. The summed E-state index contributed by atoms with van der Waals surface area (Å²) in [6.45, 7) is 3.84. The van der Waals surface area contributed by atoms with Gasteiger partial charge in [0.1, 0.15) is 23.3 Å². The first-order chi connectivity index (χ1) is 12.8. The summed E-state index contributed by atoms with van der Waals surface area (Å²) in [7, 11) is 0. The molecule has 1 atom stereocenters. The lowest BCUT2D eigenvalue weighted by Crippen LogP contribution is -2.35. The number of rotatable bonds is 4. The molecule has 0 saturated carbocycles. The topological polar surface area (TPSA) is 79.7 Å². The monoisotopic (exact) mass is 347 g/mol. The van der Waals surface area contributed by atoms with Crippen LogP contribution in [-0.4, -0.2) is 38.0 Å². The van der Waals surface area contributed by atoms with Crippen LogP contribution in [0.1, 0.15) is 30.3 Å². The van der Waals surface area contributed by atoms with Gasteiger partial charge in [-0.1, -0.05) is 6.07 Å². The van der Waals surface area contributed by atoms with Crippen LogP contribution in [-0.2, 0) is 0 Å². The highest BCUT2D eigenvalue weighted by Gasteiger charge is 2.25. The maximum Gasteiger partial charge on any atom is 0.147 e. The van der Waals surface area contributed by atoms with Gasteiger partial charge in [0.2, 0.25) is 0 Å². The van der Waals surface area contributed by atoms with Gasteiger partial charge in [-0.25, -0.2) is 19.9 Å². The second kappa shape index (κ2) is 7.43. The van der Waals surface area contributed by atoms with E-state index in [1.807, 2.05) is 37.4 Å². The Kier molecular flexibility index (Phi) is 4.68. The van der Waals surface area contributed by atoms with E-state index in [4.69, 9.17) is 9.97 Å². The molecule has 1 aliphatic heterocycles. The molecular weight excluding hydrogens is 326 g/mol. The third-order valence-corrected chi connectivity index (χ3v) is 4.45. The number of piperidine rings is 1. The zero-order valence-corrected chi connectivity index (χ0v) is 14.7. The minimum absolute atomic E-state index is 0.273. The van der Waals surface area contributed by atoms with Crippen LogP contribution in [0, 0.1) is 6.92 Å². The third-order valence-electron chi connectivity index (χ3n) is 4.45. The zero-order chi connectivity index (χ0) is 17.8. The number of hydrogen-bond acceptors (Lipinski definition) is 7. The van der Waals surface area contributed by atoms with Crippen LogP contribution >= 0.6 is 0 Å². The van der Waals surface area contributed by atoms with Gasteiger partial charge in [-0.15, -0.1) is 0 Å². The third kappa shape index (κ3) is 3.77. The van der Waals surface area contributed by atoms with Crippen molar-refractivity contribution >= 4 is 17.5 Å². The molecule has 1 aliphatic rings. The van der Waals surface area contributed by atoms with Gasteiger partial charge in [-0.05, 0) is 31.9 Å². The molecule has 0 aliphatic carbocycles. The van der Waals surface area contributed by atoms with Crippen LogP contribution in [0.2, 0.25) is 0 Å². The van der Waals surface area contributed by atoms with E-state index in [0.29, 0.717) is 0 Å². The quantitative estimate of drug-likeness (QED) is 0.777. The largest absolute Gasteiger partial charge is 0.355 e. The molecule has 3 aromatic heterocycles. The van der Waals surface area contributed by atoms with Gasteiger partial charge in [0, 0.05) is 49.4 Å². The van der Waals surface area contributed by atoms with Crippen molar-refractivity contribution in [2.24, 2.45) is 0 Å². The van der Waals surface area contributed by atoms with Crippen LogP contribution in [0.4, 0.5) is 17.5 Å². The normalized spacial score (nSPS) is 17.1. The van der Waals surface area contributed by atoms with Crippen LogP contribution < -0.4 is 10.2 Å². The molecular formula is C19H21N7. The number of hydrogen-bond donors (Lipinski definition) is 1. The van der Waals surface area contributed by atoms with E-state index in [-0.39, 0.29) is 5.92 Å².